The molecule has 0 atom stereocenters. The van der Waals surface area contributed by atoms with Crippen molar-refractivity contribution in [2.45, 2.75) is 18.0 Å². The van der Waals surface area contributed by atoms with E-state index < -0.39 is 35.0 Å². The van der Waals surface area contributed by atoms with Gasteiger partial charge in [0.1, 0.15) is 0 Å². The number of hydrogen-bond donors (Lipinski definition) is 2. The van der Waals surface area contributed by atoms with Gasteiger partial charge in [0, 0.05) is 0 Å². The first-order valence-electron chi connectivity index (χ1n) is 14.1. The highest BCUT2D eigenvalue weighted by Gasteiger charge is 2.56. The van der Waals surface area contributed by atoms with E-state index in [0.717, 1.165) is 9.80 Å². The third kappa shape index (κ3) is 4.54. The van der Waals surface area contributed by atoms with E-state index in [9.17, 15) is 19.2 Å². The lowest BCUT2D eigenvalue weighted by Gasteiger charge is -2.31. The molecule has 0 aromatic heterocycles. The van der Waals surface area contributed by atoms with Gasteiger partial charge in [-0.15, -0.1) is 0 Å². The predicted molar refractivity (Wildman–Crippen MR) is 160 cm³/mol. The Morgan fingerprint density at radius 1 is 0.512 bits per heavy atom. The molecule has 0 radical (unpaired) electrons. The fourth-order valence-corrected chi connectivity index (χ4v) is 5.92. The molecule has 0 saturated carbocycles. The molecule has 43 heavy (non-hydrogen) atoms. The maximum atomic E-state index is 14.2. The Morgan fingerprint density at radius 2 is 0.791 bits per heavy atom. The number of imide groups is 2. The lowest BCUT2D eigenvalue weighted by atomic mass is 9.82. The van der Waals surface area contributed by atoms with Crippen LogP contribution in [-0.2, 0) is 20.7 Å². The minimum Gasteiger partial charge on any atom is -0.315 e. The second kappa shape index (κ2) is 11.2. The summed E-state index contributed by atoms with van der Waals surface area (Å²) >= 11 is 0. The quantitative estimate of drug-likeness (QED) is 0.292. The molecular formula is C34H31N5O4. The molecule has 4 aromatic rings. The lowest BCUT2D eigenvalue weighted by Crippen LogP contribution is -2.50. The van der Waals surface area contributed by atoms with Crippen LogP contribution in [0.15, 0.2) is 121 Å². The number of carbonyl (C=O) groups excluding carboxylic acids is 4. The summed E-state index contributed by atoms with van der Waals surface area (Å²) in [5.41, 5.74) is -0.278. The van der Waals surface area contributed by atoms with Crippen LogP contribution in [0.5, 0.6) is 0 Å². The first-order valence-corrected chi connectivity index (χ1v) is 14.1. The molecule has 2 aliphatic heterocycles. The highest BCUT2D eigenvalue weighted by Crippen LogP contribution is 2.38. The predicted octanol–water partition coefficient (Wildman–Crippen LogP) is 4.21. The van der Waals surface area contributed by atoms with Crippen molar-refractivity contribution >= 4 is 23.9 Å². The molecule has 9 nitrogen and oxygen atoms in total. The van der Waals surface area contributed by atoms with Gasteiger partial charge in [0.25, 0.3) is 11.8 Å². The van der Waals surface area contributed by atoms with E-state index in [1.54, 1.807) is 4.90 Å². The molecule has 2 aliphatic rings. The van der Waals surface area contributed by atoms with Gasteiger partial charge in [0.15, 0.2) is 11.1 Å². The van der Waals surface area contributed by atoms with E-state index in [4.69, 9.17) is 0 Å². The van der Waals surface area contributed by atoms with Gasteiger partial charge in [-0.05, 0) is 28.8 Å². The van der Waals surface area contributed by atoms with Crippen molar-refractivity contribution in [3.05, 3.63) is 144 Å². The van der Waals surface area contributed by atoms with E-state index in [1.807, 2.05) is 128 Å². The molecule has 6 rings (SSSR count). The number of benzene rings is 4. The summed E-state index contributed by atoms with van der Waals surface area (Å²) in [7, 11) is 0. The van der Waals surface area contributed by atoms with Crippen molar-refractivity contribution in [1.29, 1.82) is 0 Å². The summed E-state index contributed by atoms with van der Waals surface area (Å²) in [5.74, 6) is -0.873. The van der Waals surface area contributed by atoms with Crippen LogP contribution in [0.4, 0.5) is 9.59 Å². The molecule has 2 saturated heterocycles. The topological polar surface area (TPSA) is 102 Å². The third-order valence-corrected chi connectivity index (χ3v) is 8.17. The molecule has 2 N–H and O–H groups in total. The van der Waals surface area contributed by atoms with E-state index >= 15 is 0 Å². The number of rotatable bonds is 9. The third-order valence-electron chi connectivity index (χ3n) is 8.17. The van der Waals surface area contributed by atoms with Gasteiger partial charge in [-0.3, -0.25) is 14.5 Å². The first-order chi connectivity index (χ1) is 20.9. The zero-order valence-electron chi connectivity index (χ0n) is 23.6. The summed E-state index contributed by atoms with van der Waals surface area (Å²) in [4.78, 5) is 59.3. The number of nitrogens with one attached hydrogen (secondary N) is 2. The summed E-state index contributed by atoms with van der Waals surface area (Å²) in [5, 5.41) is 5.90. The second-order valence-corrected chi connectivity index (χ2v) is 10.6. The van der Waals surface area contributed by atoms with E-state index in [-0.39, 0.29) is 13.3 Å². The van der Waals surface area contributed by atoms with Gasteiger partial charge >= 0.3 is 12.1 Å². The Balaban J connectivity index is 1.30. The number of urea groups is 2. The van der Waals surface area contributed by atoms with Gasteiger partial charge < -0.3 is 10.6 Å². The maximum absolute atomic E-state index is 14.2. The van der Waals surface area contributed by atoms with E-state index in [2.05, 4.69) is 10.6 Å². The SMILES string of the molecule is CCN(CN1C(=O)NC(c2ccccc2)(c2ccccc2)C1=O)CN1C(=O)NC(c2ccccc2)(c2ccccc2)C1=O. The average molecular weight is 574 g/mol. The molecule has 0 unspecified atom stereocenters. The monoisotopic (exact) mass is 573 g/mol. The van der Waals surface area contributed by atoms with Crippen LogP contribution in [0.1, 0.15) is 29.2 Å². The van der Waals surface area contributed by atoms with Crippen molar-refractivity contribution in [2.24, 2.45) is 0 Å². The van der Waals surface area contributed by atoms with Crippen LogP contribution in [0.25, 0.3) is 0 Å². The highest BCUT2D eigenvalue weighted by atomic mass is 16.2. The second-order valence-electron chi connectivity index (χ2n) is 10.6. The molecule has 0 spiro atoms. The van der Waals surface area contributed by atoms with Crippen molar-refractivity contribution in [3.8, 4) is 0 Å². The largest absolute Gasteiger partial charge is 0.326 e. The zero-order valence-corrected chi connectivity index (χ0v) is 23.6. The van der Waals surface area contributed by atoms with Crippen LogP contribution >= 0.6 is 0 Å². The summed E-state index contributed by atoms with van der Waals surface area (Å²) in [6.07, 6.45) is 0. The minimum atomic E-state index is -1.41. The normalized spacial score (nSPS) is 17.3. The van der Waals surface area contributed by atoms with Gasteiger partial charge in [0.2, 0.25) is 0 Å². The van der Waals surface area contributed by atoms with Crippen LogP contribution in [0.3, 0.4) is 0 Å². The fourth-order valence-electron chi connectivity index (χ4n) is 5.92. The Labute approximate surface area is 249 Å². The fraction of sp³-hybridized carbons (Fsp3) is 0.176. The van der Waals surface area contributed by atoms with Gasteiger partial charge in [0.05, 0.1) is 13.3 Å². The van der Waals surface area contributed by atoms with Crippen LogP contribution in [-0.4, -0.2) is 58.5 Å². The number of nitrogens with zero attached hydrogens (tertiary/aromatic N) is 3. The van der Waals surface area contributed by atoms with E-state index in [0.29, 0.717) is 28.8 Å². The van der Waals surface area contributed by atoms with E-state index in [1.165, 1.54) is 0 Å². The Morgan fingerprint density at radius 3 is 1.05 bits per heavy atom. The highest BCUT2D eigenvalue weighted by molar-refractivity contribution is 6.10. The van der Waals surface area contributed by atoms with Crippen molar-refractivity contribution < 1.29 is 19.2 Å². The minimum absolute atomic E-state index is 0.122. The van der Waals surface area contributed by atoms with Gasteiger partial charge in [-0.2, -0.15) is 0 Å². The van der Waals surface area contributed by atoms with Crippen LogP contribution in [0.2, 0.25) is 0 Å². The number of carbonyl (C=O) groups is 4. The molecule has 6 amide bonds. The molecule has 2 heterocycles. The van der Waals surface area contributed by atoms with Crippen LogP contribution < -0.4 is 10.6 Å². The molecular weight excluding hydrogens is 542 g/mol. The van der Waals surface area contributed by atoms with Crippen LogP contribution in [0, 0.1) is 0 Å². The van der Waals surface area contributed by atoms with Gasteiger partial charge in [-0.25, -0.2) is 19.4 Å². The number of hydrogen-bond acceptors (Lipinski definition) is 5. The van der Waals surface area contributed by atoms with Gasteiger partial charge in [-0.1, -0.05) is 128 Å². The first kappa shape index (κ1) is 27.9. The average Bonchev–Trinajstić information content (AvgIpc) is 3.47. The lowest BCUT2D eigenvalue weighted by molar-refractivity contribution is -0.133. The molecule has 9 heteroatoms. The Bertz CT molecular complexity index is 1450. The molecule has 4 aromatic carbocycles. The smallest absolute Gasteiger partial charge is 0.315 e. The molecule has 0 bridgehead atoms. The maximum Gasteiger partial charge on any atom is 0.326 e. The zero-order chi connectivity index (χ0) is 30.0. The van der Waals surface area contributed by atoms with Crippen molar-refractivity contribution in [1.82, 2.24) is 25.3 Å². The molecule has 2 fully saturated rings. The summed E-state index contributed by atoms with van der Waals surface area (Å²) in [6.45, 7) is 1.97. The number of amides is 6. The Hall–Kier alpha value is -5.28. The molecule has 0 aliphatic carbocycles. The summed E-state index contributed by atoms with van der Waals surface area (Å²) in [6, 6.07) is 35.4. The Kier molecular flexibility index (Phi) is 7.25. The van der Waals surface area contributed by atoms with Crippen molar-refractivity contribution in [3.63, 3.8) is 0 Å². The molecule has 216 valence electrons. The standard InChI is InChI=1S/C34H31N5O4/c1-2-37(23-38-29(40)33(35-31(38)42,25-15-7-3-8-16-25)26-17-9-4-10-18-26)24-39-30(41)34(36-32(39)43,27-19-11-5-12-20-27)28-21-13-6-14-22-28/h3-22H,2,23-24H2,1H3,(H,35,42)(H,36,43). The summed E-state index contributed by atoms with van der Waals surface area (Å²) < 4.78 is 0. The van der Waals surface area contributed by atoms with Crippen molar-refractivity contribution in [2.75, 3.05) is 19.9 Å².